The molecular formula is C51H84O6. The number of unbranched alkanes of at least 4 members (excludes halogenated alkanes) is 15. The summed E-state index contributed by atoms with van der Waals surface area (Å²) in [5.41, 5.74) is 0. The van der Waals surface area contributed by atoms with Gasteiger partial charge in [-0.3, -0.25) is 14.4 Å². The average molecular weight is 793 g/mol. The van der Waals surface area contributed by atoms with Gasteiger partial charge < -0.3 is 14.2 Å². The van der Waals surface area contributed by atoms with Crippen molar-refractivity contribution in [2.75, 3.05) is 13.2 Å². The maximum Gasteiger partial charge on any atom is 0.306 e. The van der Waals surface area contributed by atoms with Gasteiger partial charge in [0.2, 0.25) is 0 Å². The normalized spacial score (nSPS) is 12.8. The molecule has 0 aliphatic heterocycles. The molecule has 1 unspecified atom stereocenters. The van der Waals surface area contributed by atoms with Gasteiger partial charge in [0.15, 0.2) is 6.10 Å². The van der Waals surface area contributed by atoms with Crippen LogP contribution in [-0.4, -0.2) is 37.2 Å². The summed E-state index contributed by atoms with van der Waals surface area (Å²) in [5, 5.41) is 0. The van der Waals surface area contributed by atoms with Gasteiger partial charge >= 0.3 is 17.9 Å². The number of carbonyl (C=O) groups is 3. The van der Waals surface area contributed by atoms with Crippen LogP contribution in [0.5, 0.6) is 0 Å². The zero-order chi connectivity index (χ0) is 41.5. The fraction of sp³-hybridized carbons (Fsp3) is 0.667. The van der Waals surface area contributed by atoms with Crippen molar-refractivity contribution in [1.82, 2.24) is 0 Å². The van der Waals surface area contributed by atoms with Gasteiger partial charge in [-0.15, -0.1) is 0 Å². The second-order valence-electron chi connectivity index (χ2n) is 14.9. The number of carbonyl (C=O) groups excluding carboxylic acids is 3. The van der Waals surface area contributed by atoms with Crippen LogP contribution in [0.4, 0.5) is 0 Å². The lowest BCUT2D eigenvalue weighted by molar-refractivity contribution is -0.167. The molecule has 6 nitrogen and oxygen atoms in total. The van der Waals surface area contributed by atoms with Crippen molar-refractivity contribution in [2.24, 2.45) is 0 Å². The van der Waals surface area contributed by atoms with Gasteiger partial charge in [0.25, 0.3) is 0 Å². The molecule has 0 aliphatic rings. The highest BCUT2D eigenvalue weighted by molar-refractivity contribution is 5.71. The molecule has 0 fully saturated rings. The van der Waals surface area contributed by atoms with Gasteiger partial charge in [-0.25, -0.2) is 0 Å². The number of rotatable bonds is 40. The minimum absolute atomic E-state index is 0.0929. The molecule has 0 rings (SSSR count). The third-order valence-corrected chi connectivity index (χ3v) is 9.40. The standard InChI is InChI=1S/C51H84O6/c1-4-7-10-13-15-17-19-21-22-23-24-25-26-27-28-30-31-33-35-38-41-44-50(53)56-47-48(46-55-49(52)43-40-37-12-9-6-3)57-51(54)45-42-39-36-34-32-29-20-18-16-14-11-8-5-2/h7-8,10-11,15-18,21-22,24-25,29,32,48H,4-6,9,12-14,19-20,23,26-28,30-31,33-47H2,1-3H3/b10-7-,11-8-,17-15-,18-16-,22-21-,25-24-,32-29-. The van der Waals surface area contributed by atoms with Crippen LogP contribution in [0.15, 0.2) is 85.1 Å². The Morgan fingerprint density at radius 1 is 0.368 bits per heavy atom. The van der Waals surface area contributed by atoms with Crippen molar-refractivity contribution in [1.29, 1.82) is 0 Å². The van der Waals surface area contributed by atoms with Crippen molar-refractivity contribution in [3.8, 4) is 0 Å². The molecular weight excluding hydrogens is 709 g/mol. The van der Waals surface area contributed by atoms with Gasteiger partial charge in [-0.2, -0.15) is 0 Å². The number of ether oxygens (including phenoxy) is 3. The highest BCUT2D eigenvalue weighted by atomic mass is 16.6. The van der Waals surface area contributed by atoms with E-state index < -0.39 is 6.10 Å². The zero-order valence-electron chi connectivity index (χ0n) is 36.8. The molecule has 0 aromatic heterocycles. The van der Waals surface area contributed by atoms with E-state index in [0.717, 1.165) is 122 Å². The van der Waals surface area contributed by atoms with E-state index >= 15 is 0 Å². The fourth-order valence-corrected chi connectivity index (χ4v) is 5.97. The third kappa shape index (κ3) is 43.6. The molecule has 6 heteroatoms. The lowest BCUT2D eigenvalue weighted by Gasteiger charge is -2.18. The third-order valence-electron chi connectivity index (χ3n) is 9.40. The average Bonchev–Trinajstić information content (AvgIpc) is 3.21. The van der Waals surface area contributed by atoms with E-state index in [-0.39, 0.29) is 31.1 Å². The van der Waals surface area contributed by atoms with Crippen LogP contribution < -0.4 is 0 Å². The molecule has 1 atom stereocenters. The van der Waals surface area contributed by atoms with E-state index in [4.69, 9.17) is 14.2 Å². The van der Waals surface area contributed by atoms with Crippen LogP contribution in [0.2, 0.25) is 0 Å². The Hall–Kier alpha value is -3.41. The van der Waals surface area contributed by atoms with Crippen LogP contribution in [0.25, 0.3) is 0 Å². The maximum absolute atomic E-state index is 12.7. The van der Waals surface area contributed by atoms with Crippen LogP contribution in [0.3, 0.4) is 0 Å². The van der Waals surface area contributed by atoms with E-state index in [0.29, 0.717) is 19.3 Å². The number of allylic oxidation sites excluding steroid dienone is 14. The van der Waals surface area contributed by atoms with Crippen molar-refractivity contribution < 1.29 is 28.6 Å². The summed E-state index contributed by atoms with van der Waals surface area (Å²) in [4.78, 5) is 37.5. The van der Waals surface area contributed by atoms with Gasteiger partial charge in [-0.05, 0) is 89.9 Å². The molecule has 0 saturated carbocycles. The summed E-state index contributed by atoms with van der Waals surface area (Å²) in [6.45, 7) is 6.27. The lowest BCUT2D eigenvalue weighted by Crippen LogP contribution is -2.30. The second kappa shape index (κ2) is 45.3. The first-order valence-electron chi connectivity index (χ1n) is 23.1. The predicted octanol–water partition coefficient (Wildman–Crippen LogP) is 14.9. The van der Waals surface area contributed by atoms with Gasteiger partial charge in [0.1, 0.15) is 13.2 Å². The number of hydrogen-bond acceptors (Lipinski definition) is 6. The molecule has 0 aromatic rings. The van der Waals surface area contributed by atoms with E-state index in [9.17, 15) is 14.4 Å². The van der Waals surface area contributed by atoms with Crippen LogP contribution in [0.1, 0.15) is 201 Å². The molecule has 0 aliphatic carbocycles. The van der Waals surface area contributed by atoms with Crippen LogP contribution in [0, 0.1) is 0 Å². The van der Waals surface area contributed by atoms with Crippen LogP contribution in [-0.2, 0) is 28.6 Å². The van der Waals surface area contributed by atoms with E-state index in [1.165, 1.54) is 38.5 Å². The first-order chi connectivity index (χ1) is 28.0. The molecule has 0 amide bonds. The first-order valence-corrected chi connectivity index (χ1v) is 23.1. The smallest absolute Gasteiger partial charge is 0.306 e. The van der Waals surface area contributed by atoms with Gasteiger partial charge in [0.05, 0.1) is 0 Å². The summed E-state index contributed by atoms with van der Waals surface area (Å²) < 4.78 is 16.6. The molecule has 0 radical (unpaired) electrons. The van der Waals surface area contributed by atoms with Crippen molar-refractivity contribution in [3.63, 3.8) is 0 Å². The Balaban J connectivity index is 4.23. The van der Waals surface area contributed by atoms with Crippen molar-refractivity contribution >= 4 is 17.9 Å². The van der Waals surface area contributed by atoms with E-state index in [2.05, 4.69) is 106 Å². The Bertz CT molecular complexity index is 1140. The summed E-state index contributed by atoms with van der Waals surface area (Å²) in [7, 11) is 0. The summed E-state index contributed by atoms with van der Waals surface area (Å²) >= 11 is 0. The summed E-state index contributed by atoms with van der Waals surface area (Å²) in [5.74, 6) is -0.952. The maximum atomic E-state index is 12.7. The summed E-state index contributed by atoms with van der Waals surface area (Å²) in [6.07, 6.45) is 57.4. The van der Waals surface area contributed by atoms with Gasteiger partial charge in [-0.1, -0.05) is 176 Å². The molecule has 0 N–H and O–H groups in total. The summed E-state index contributed by atoms with van der Waals surface area (Å²) in [6, 6.07) is 0. The fourth-order valence-electron chi connectivity index (χ4n) is 5.97. The topological polar surface area (TPSA) is 78.9 Å². The highest BCUT2D eigenvalue weighted by Gasteiger charge is 2.19. The van der Waals surface area contributed by atoms with Crippen LogP contribution >= 0.6 is 0 Å². The Labute approximate surface area is 350 Å². The highest BCUT2D eigenvalue weighted by Crippen LogP contribution is 2.13. The largest absolute Gasteiger partial charge is 0.462 e. The monoisotopic (exact) mass is 793 g/mol. The quantitative estimate of drug-likeness (QED) is 0.0266. The van der Waals surface area contributed by atoms with Gasteiger partial charge in [0, 0.05) is 19.3 Å². The van der Waals surface area contributed by atoms with E-state index in [1.54, 1.807) is 0 Å². The molecule has 0 saturated heterocycles. The minimum atomic E-state index is -0.790. The number of esters is 3. The predicted molar refractivity (Wildman–Crippen MR) is 242 cm³/mol. The zero-order valence-corrected chi connectivity index (χ0v) is 36.8. The number of hydrogen-bond donors (Lipinski definition) is 0. The molecule has 0 heterocycles. The van der Waals surface area contributed by atoms with Crippen molar-refractivity contribution in [3.05, 3.63) is 85.1 Å². The molecule has 0 bridgehead atoms. The lowest BCUT2D eigenvalue weighted by atomic mass is 10.1. The molecule has 0 aromatic carbocycles. The molecule has 57 heavy (non-hydrogen) atoms. The SMILES string of the molecule is CC/C=C\C/C=C\C/C=C\C/C=C\CCCCCCCCCCC(=O)OCC(COC(=O)CCCCCCC)OC(=O)CCCCC/C=C\C/C=C\C/C=C\CC. The molecule has 324 valence electrons. The minimum Gasteiger partial charge on any atom is -0.462 e. The Morgan fingerprint density at radius 2 is 0.684 bits per heavy atom. The Morgan fingerprint density at radius 3 is 1.09 bits per heavy atom. The van der Waals surface area contributed by atoms with Crippen molar-refractivity contribution in [2.45, 2.75) is 207 Å². The first kappa shape index (κ1) is 53.6. The Kier molecular flexibility index (Phi) is 42.6. The van der Waals surface area contributed by atoms with E-state index in [1.807, 2.05) is 0 Å². The molecule has 0 spiro atoms. The second-order valence-corrected chi connectivity index (χ2v) is 14.9.